The van der Waals surface area contributed by atoms with Gasteiger partial charge in [0.25, 0.3) is 5.69 Å². The zero-order valence-corrected chi connectivity index (χ0v) is 17.9. The highest BCUT2D eigenvalue weighted by Gasteiger charge is 2.51. The molecule has 2 unspecified atom stereocenters. The summed E-state index contributed by atoms with van der Waals surface area (Å²) in [6, 6.07) is 15.2. The van der Waals surface area contributed by atoms with Crippen LogP contribution in [-0.4, -0.2) is 53.6 Å². The molecule has 4 atom stereocenters. The third-order valence-corrected chi connectivity index (χ3v) is 6.54. The Balaban J connectivity index is 1.40. The van der Waals surface area contributed by atoms with Gasteiger partial charge in [0, 0.05) is 37.1 Å². The predicted molar refractivity (Wildman–Crippen MR) is 116 cm³/mol. The number of benzene rings is 2. The molecule has 2 saturated heterocycles. The first-order valence-corrected chi connectivity index (χ1v) is 10.8. The molecule has 2 aromatic carbocycles. The normalized spacial score (nSPS) is 24.7. The van der Waals surface area contributed by atoms with E-state index in [1.54, 1.807) is 36.4 Å². The monoisotopic (exact) mass is 438 g/mol. The van der Waals surface area contributed by atoms with Crippen molar-refractivity contribution in [1.82, 2.24) is 4.90 Å². The Morgan fingerprint density at radius 3 is 2.50 bits per heavy atom. The van der Waals surface area contributed by atoms with Gasteiger partial charge in [0.05, 0.1) is 17.1 Å². The minimum Gasteiger partial charge on any atom is -0.465 e. The van der Waals surface area contributed by atoms with E-state index in [-0.39, 0.29) is 30.3 Å². The maximum Gasteiger partial charge on any atom is 0.338 e. The van der Waals surface area contributed by atoms with E-state index in [1.807, 2.05) is 13.1 Å². The van der Waals surface area contributed by atoms with Crippen LogP contribution in [0, 0.1) is 16.0 Å². The minimum atomic E-state index is -0.539. The van der Waals surface area contributed by atoms with Crippen LogP contribution in [0.2, 0.25) is 0 Å². The van der Waals surface area contributed by atoms with Crippen LogP contribution in [0.4, 0.5) is 5.69 Å². The molecule has 168 valence electrons. The molecule has 2 aromatic rings. The molecule has 0 radical (unpaired) electrons. The molecule has 2 bridgehead atoms. The predicted octanol–water partition coefficient (Wildman–Crippen LogP) is 3.39. The average molecular weight is 438 g/mol. The Labute approximate surface area is 186 Å². The van der Waals surface area contributed by atoms with Crippen molar-refractivity contribution in [3.05, 3.63) is 75.8 Å². The Morgan fingerprint density at radius 2 is 1.81 bits per heavy atom. The van der Waals surface area contributed by atoms with Gasteiger partial charge in [0.1, 0.15) is 12.0 Å². The molecular formula is C24H26N2O6. The van der Waals surface area contributed by atoms with Gasteiger partial charge in [0.2, 0.25) is 0 Å². The number of nitro groups is 1. The number of carbonyl (C=O) groups is 2. The molecule has 8 heteroatoms. The number of fused-ring (bicyclic) bond motifs is 2. The first kappa shape index (κ1) is 22.0. The summed E-state index contributed by atoms with van der Waals surface area (Å²) < 4.78 is 11.4. The number of non-ortho nitro benzene ring substituents is 1. The number of piperidine rings is 1. The number of rotatable bonds is 7. The fourth-order valence-electron chi connectivity index (χ4n) is 4.78. The molecule has 0 saturated carbocycles. The molecule has 2 heterocycles. The van der Waals surface area contributed by atoms with E-state index in [0.29, 0.717) is 18.4 Å². The first-order valence-electron chi connectivity index (χ1n) is 10.8. The van der Waals surface area contributed by atoms with Gasteiger partial charge < -0.3 is 9.47 Å². The van der Waals surface area contributed by atoms with Crippen LogP contribution >= 0.6 is 0 Å². The molecule has 0 aromatic heterocycles. The summed E-state index contributed by atoms with van der Waals surface area (Å²) in [4.78, 5) is 38.2. The number of nitro benzene ring substituents is 1. The topological polar surface area (TPSA) is 99.0 Å². The number of carbonyl (C=O) groups excluding carboxylic acids is 2. The van der Waals surface area contributed by atoms with Crippen molar-refractivity contribution >= 4 is 17.6 Å². The van der Waals surface area contributed by atoms with Crippen molar-refractivity contribution in [2.24, 2.45) is 5.92 Å². The van der Waals surface area contributed by atoms with Crippen LogP contribution < -0.4 is 0 Å². The van der Waals surface area contributed by atoms with Gasteiger partial charge in [-0.3, -0.25) is 19.8 Å². The molecule has 2 fully saturated rings. The van der Waals surface area contributed by atoms with E-state index >= 15 is 0 Å². The lowest BCUT2D eigenvalue weighted by atomic mass is 9.87. The standard InChI is InChI=1S/C24H26N2O6/c1-25-19-11-12-20(25)22(21(15-19)32-23(27)17-5-3-2-4-6-17)24(28)31-14-13-16-7-9-18(10-8-16)26(29)30/h2-10,19-22H,11-15H2,1H3/t19-,20?,21+,22?/m1/s1. The lowest BCUT2D eigenvalue weighted by molar-refractivity contribution is -0.384. The molecule has 0 amide bonds. The van der Waals surface area contributed by atoms with Gasteiger partial charge in [-0.1, -0.05) is 30.3 Å². The Kier molecular flexibility index (Phi) is 6.50. The van der Waals surface area contributed by atoms with E-state index in [2.05, 4.69) is 4.90 Å². The summed E-state index contributed by atoms with van der Waals surface area (Å²) in [5, 5.41) is 10.8. The van der Waals surface area contributed by atoms with Gasteiger partial charge in [0.15, 0.2) is 0 Å². The van der Waals surface area contributed by atoms with E-state index < -0.39 is 22.9 Å². The maximum atomic E-state index is 13.1. The van der Waals surface area contributed by atoms with E-state index in [0.717, 1.165) is 18.4 Å². The van der Waals surface area contributed by atoms with E-state index in [4.69, 9.17) is 9.47 Å². The van der Waals surface area contributed by atoms with E-state index in [1.165, 1.54) is 12.1 Å². The maximum absolute atomic E-state index is 13.1. The molecule has 4 rings (SSSR count). The second-order valence-electron chi connectivity index (χ2n) is 8.38. The average Bonchev–Trinajstić information content (AvgIpc) is 3.03. The lowest BCUT2D eigenvalue weighted by Gasteiger charge is -2.40. The Morgan fingerprint density at radius 1 is 1.09 bits per heavy atom. The highest BCUT2D eigenvalue weighted by Crippen LogP contribution is 2.40. The number of esters is 2. The number of nitrogens with zero attached hydrogens (tertiary/aromatic N) is 2. The first-order chi connectivity index (χ1) is 15.4. The van der Waals surface area contributed by atoms with Crippen molar-refractivity contribution in [3.63, 3.8) is 0 Å². The van der Waals surface area contributed by atoms with Gasteiger partial charge in [-0.05, 0) is 37.6 Å². The SMILES string of the molecule is CN1C2CC[C@@H]1C[C@H](OC(=O)c1ccccc1)C2C(=O)OCCc1ccc([N+](=O)[O-])cc1. The number of ether oxygens (including phenoxy) is 2. The molecule has 2 aliphatic rings. The third kappa shape index (κ3) is 4.65. The zero-order valence-electron chi connectivity index (χ0n) is 17.9. The second-order valence-corrected chi connectivity index (χ2v) is 8.38. The quantitative estimate of drug-likeness (QED) is 0.371. The fraction of sp³-hybridized carbons (Fsp3) is 0.417. The second kappa shape index (κ2) is 9.48. The van der Waals surface area contributed by atoms with Gasteiger partial charge >= 0.3 is 11.9 Å². The fourth-order valence-corrected chi connectivity index (χ4v) is 4.78. The molecule has 8 nitrogen and oxygen atoms in total. The lowest BCUT2D eigenvalue weighted by Crippen LogP contribution is -2.53. The van der Waals surface area contributed by atoms with Crippen molar-refractivity contribution in [2.45, 2.75) is 43.9 Å². The highest BCUT2D eigenvalue weighted by molar-refractivity contribution is 5.89. The van der Waals surface area contributed by atoms with Crippen LogP contribution in [0.25, 0.3) is 0 Å². The molecule has 0 spiro atoms. The van der Waals surface area contributed by atoms with Crippen molar-refractivity contribution in [2.75, 3.05) is 13.7 Å². The molecule has 32 heavy (non-hydrogen) atoms. The summed E-state index contributed by atoms with van der Waals surface area (Å²) >= 11 is 0. The summed E-state index contributed by atoms with van der Waals surface area (Å²) in [6.07, 6.45) is 2.36. The minimum absolute atomic E-state index is 0.0193. The van der Waals surface area contributed by atoms with Crippen LogP contribution in [-0.2, 0) is 20.7 Å². The molecule has 0 N–H and O–H groups in total. The largest absolute Gasteiger partial charge is 0.465 e. The molecular weight excluding hydrogens is 412 g/mol. The summed E-state index contributed by atoms with van der Waals surface area (Å²) in [6.45, 7) is 0.159. The zero-order chi connectivity index (χ0) is 22.7. The Hall–Kier alpha value is -3.26. The van der Waals surface area contributed by atoms with Crippen LogP contribution in [0.3, 0.4) is 0 Å². The smallest absolute Gasteiger partial charge is 0.338 e. The van der Waals surface area contributed by atoms with E-state index in [9.17, 15) is 19.7 Å². The van der Waals surface area contributed by atoms with Gasteiger partial charge in [-0.2, -0.15) is 0 Å². The summed E-state index contributed by atoms with van der Waals surface area (Å²) in [7, 11) is 2.01. The molecule has 0 aliphatic carbocycles. The van der Waals surface area contributed by atoms with Gasteiger partial charge in [-0.25, -0.2) is 4.79 Å². The highest BCUT2D eigenvalue weighted by atomic mass is 16.6. The summed E-state index contributed by atoms with van der Waals surface area (Å²) in [5.41, 5.74) is 1.33. The van der Waals surface area contributed by atoms with Crippen LogP contribution in [0.5, 0.6) is 0 Å². The van der Waals surface area contributed by atoms with Crippen molar-refractivity contribution in [3.8, 4) is 0 Å². The van der Waals surface area contributed by atoms with Gasteiger partial charge in [-0.15, -0.1) is 0 Å². The van der Waals surface area contributed by atoms with Crippen LogP contribution in [0.1, 0.15) is 35.2 Å². The summed E-state index contributed by atoms with van der Waals surface area (Å²) in [5.74, 6) is -1.33. The van der Waals surface area contributed by atoms with Crippen LogP contribution in [0.15, 0.2) is 54.6 Å². The molecule has 2 aliphatic heterocycles. The third-order valence-electron chi connectivity index (χ3n) is 6.54. The van der Waals surface area contributed by atoms with Crippen molar-refractivity contribution < 1.29 is 24.0 Å². The van der Waals surface area contributed by atoms with Crippen molar-refractivity contribution in [1.29, 1.82) is 0 Å². The number of hydrogen-bond acceptors (Lipinski definition) is 7. The number of hydrogen-bond donors (Lipinski definition) is 0. The Bertz CT molecular complexity index is 978.